The number of carbonyl (C=O) groups excluding carboxylic acids is 2. The van der Waals surface area contributed by atoms with Crippen LogP contribution in [0, 0.1) is 5.92 Å². The van der Waals surface area contributed by atoms with Gasteiger partial charge in [0.25, 0.3) is 5.91 Å². The molecule has 1 fully saturated rings. The van der Waals surface area contributed by atoms with E-state index in [1.54, 1.807) is 19.2 Å². The van der Waals surface area contributed by atoms with Gasteiger partial charge in [0, 0.05) is 30.7 Å². The quantitative estimate of drug-likeness (QED) is 0.564. The summed E-state index contributed by atoms with van der Waals surface area (Å²) in [4.78, 5) is 30.3. The van der Waals surface area contributed by atoms with Crippen molar-refractivity contribution in [3.63, 3.8) is 0 Å². The minimum absolute atomic E-state index is 0.121. The Balaban J connectivity index is 1.43. The molecule has 0 bridgehead atoms. The summed E-state index contributed by atoms with van der Waals surface area (Å²) in [6, 6.07) is 10.5. The molecule has 2 heterocycles. The normalized spacial score (nSPS) is 16.4. The Labute approximate surface area is 163 Å². The summed E-state index contributed by atoms with van der Waals surface area (Å²) in [5.74, 6) is -0.0512. The fraction of sp³-hybridized carbons (Fsp3) is 0.381. The first-order valence-corrected chi connectivity index (χ1v) is 10.1. The van der Waals surface area contributed by atoms with E-state index in [1.807, 2.05) is 16.3 Å². The number of thiazole rings is 1. The van der Waals surface area contributed by atoms with Crippen LogP contribution >= 0.6 is 11.3 Å². The Morgan fingerprint density at radius 1 is 1.30 bits per heavy atom. The van der Waals surface area contributed by atoms with Crippen LogP contribution in [0.15, 0.2) is 48.0 Å². The SMILES string of the molecule is CC(OC(=O)C=Cc1nccs1)C(=O)N1CCC(Cc2ccccc2)CC1. The number of likely N-dealkylation sites (tertiary alicyclic amines) is 1. The number of ether oxygens (including phenoxy) is 1. The molecule has 1 aromatic carbocycles. The van der Waals surface area contributed by atoms with Crippen molar-refractivity contribution < 1.29 is 14.3 Å². The number of nitrogens with zero attached hydrogens (tertiary/aromatic N) is 2. The van der Waals surface area contributed by atoms with Crippen LogP contribution in [-0.2, 0) is 20.7 Å². The molecule has 1 aromatic heterocycles. The lowest BCUT2D eigenvalue weighted by Crippen LogP contribution is -2.44. The first-order chi connectivity index (χ1) is 13.1. The lowest BCUT2D eigenvalue weighted by Gasteiger charge is -2.33. The number of hydrogen-bond acceptors (Lipinski definition) is 5. The molecule has 0 N–H and O–H groups in total. The van der Waals surface area contributed by atoms with E-state index in [1.165, 1.54) is 23.0 Å². The fourth-order valence-electron chi connectivity index (χ4n) is 3.28. The number of benzene rings is 1. The smallest absolute Gasteiger partial charge is 0.331 e. The van der Waals surface area contributed by atoms with Gasteiger partial charge in [0.1, 0.15) is 5.01 Å². The van der Waals surface area contributed by atoms with Crippen molar-refractivity contribution >= 4 is 29.3 Å². The highest BCUT2D eigenvalue weighted by Crippen LogP contribution is 2.22. The first kappa shape index (κ1) is 19.3. The number of amides is 1. The first-order valence-electron chi connectivity index (χ1n) is 9.22. The second-order valence-electron chi connectivity index (χ2n) is 6.74. The Bertz CT molecular complexity index is 766. The molecule has 0 radical (unpaired) electrons. The Morgan fingerprint density at radius 2 is 2.04 bits per heavy atom. The maximum Gasteiger partial charge on any atom is 0.331 e. The van der Waals surface area contributed by atoms with Crippen molar-refractivity contribution in [1.82, 2.24) is 9.88 Å². The lowest BCUT2D eigenvalue weighted by molar-refractivity contribution is -0.156. The zero-order chi connectivity index (χ0) is 19.1. The van der Waals surface area contributed by atoms with Gasteiger partial charge in [-0.1, -0.05) is 30.3 Å². The zero-order valence-electron chi connectivity index (χ0n) is 15.4. The predicted octanol–water partition coefficient (Wildman–Crippen LogP) is 3.57. The van der Waals surface area contributed by atoms with Gasteiger partial charge in [-0.25, -0.2) is 9.78 Å². The molecule has 1 unspecified atom stereocenters. The van der Waals surface area contributed by atoms with E-state index in [2.05, 4.69) is 29.2 Å². The molecule has 1 saturated heterocycles. The third kappa shape index (κ3) is 5.76. The molecule has 6 heteroatoms. The van der Waals surface area contributed by atoms with E-state index in [9.17, 15) is 9.59 Å². The lowest BCUT2D eigenvalue weighted by atomic mass is 9.90. The Kier molecular flexibility index (Phi) is 6.76. The maximum atomic E-state index is 12.5. The van der Waals surface area contributed by atoms with Crippen LogP contribution in [0.3, 0.4) is 0 Å². The van der Waals surface area contributed by atoms with Gasteiger partial charge in [-0.3, -0.25) is 4.79 Å². The maximum absolute atomic E-state index is 12.5. The highest BCUT2D eigenvalue weighted by atomic mass is 32.1. The number of rotatable bonds is 6. The summed E-state index contributed by atoms with van der Waals surface area (Å²) in [5, 5.41) is 2.56. The van der Waals surface area contributed by atoms with E-state index in [0.29, 0.717) is 19.0 Å². The molecule has 0 spiro atoms. The zero-order valence-corrected chi connectivity index (χ0v) is 16.2. The van der Waals surface area contributed by atoms with E-state index < -0.39 is 12.1 Å². The average Bonchev–Trinajstić information content (AvgIpc) is 3.21. The van der Waals surface area contributed by atoms with Crippen LogP contribution in [0.1, 0.15) is 30.3 Å². The number of carbonyl (C=O) groups is 2. The molecule has 1 aliphatic heterocycles. The van der Waals surface area contributed by atoms with Gasteiger partial charge >= 0.3 is 5.97 Å². The molecule has 1 atom stereocenters. The molecule has 3 rings (SSSR count). The van der Waals surface area contributed by atoms with Gasteiger partial charge in [0.05, 0.1) is 0 Å². The third-order valence-electron chi connectivity index (χ3n) is 4.75. The molecule has 5 nitrogen and oxygen atoms in total. The molecule has 27 heavy (non-hydrogen) atoms. The number of esters is 1. The summed E-state index contributed by atoms with van der Waals surface area (Å²) >= 11 is 1.43. The monoisotopic (exact) mass is 384 g/mol. The summed E-state index contributed by atoms with van der Waals surface area (Å²) < 4.78 is 5.25. The minimum atomic E-state index is -0.774. The van der Waals surface area contributed by atoms with Gasteiger partial charge in [-0.05, 0) is 43.7 Å². The second kappa shape index (κ2) is 9.46. The van der Waals surface area contributed by atoms with E-state index >= 15 is 0 Å². The van der Waals surface area contributed by atoms with Crippen molar-refractivity contribution in [3.8, 4) is 0 Å². The largest absolute Gasteiger partial charge is 0.449 e. The third-order valence-corrected chi connectivity index (χ3v) is 5.49. The van der Waals surface area contributed by atoms with Gasteiger partial charge in [0.2, 0.25) is 0 Å². The van der Waals surface area contributed by atoms with Crippen molar-refractivity contribution in [1.29, 1.82) is 0 Å². The van der Waals surface area contributed by atoms with E-state index in [-0.39, 0.29) is 5.91 Å². The van der Waals surface area contributed by atoms with Crippen LogP contribution in [0.4, 0.5) is 0 Å². The number of aromatic nitrogens is 1. The van der Waals surface area contributed by atoms with Crippen LogP contribution in [-0.4, -0.2) is 41.0 Å². The average molecular weight is 385 g/mol. The van der Waals surface area contributed by atoms with Gasteiger partial charge < -0.3 is 9.64 Å². The Hall–Kier alpha value is -2.47. The van der Waals surface area contributed by atoms with Gasteiger partial charge in [-0.2, -0.15) is 0 Å². The molecule has 2 aromatic rings. The molecule has 0 aliphatic carbocycles. The summed E-state index contributed by atoms with van der Waals surface area (Å²) in [6.07, 6.45) is 6.81. The Morgan fingerprint density at radius 3 is 2.70 bits per heavy atom. The summed E-state index contributed by atoms with van der Waals surface area (Å²) in [7, 11) is 0. The molecular formula is C21H24N2O3S. The molecular weight excluding hydrogens is 360 g/mol. The van der Waals surface area contributed by atoms with E-state index in [0.717, 1.165) is 24.3 Å². The highest BCUT2D eigenvalue weighted by molar-refractivity contribution is 7.10. The minimum Gasteiger partial charge on any atom is -0.449 e. The van der Waals surface area contributed by atoms with Crippen LogP contribution in [0.25, 0.3) is 6.08 Å². The molecule has 1 amide bonds. The molecule has 0 saturated carbocycles. The number of piperidine rings is 1. The summed E-state index contributed by atoms with van der Waals surface area (Å²) in [5.41, 5.74) is 1.34. The molecule has 1 aliphatic rings. The van der Waals surface area contributed by atoms with Crippen LogP contribution in [0.5, 0.6) is 0 Å². The van der Waals surface area contributed by atoms with Crippen LogP contribution < -0.4 is 0 Å². The van der Waals surface area contributed by atoms with Crippen molar-refractivity contribution in [2.75, 3.05) is 13.1 Å². The molecule has 142 valence electrons. The van der Waals surface area contributed by atoms with Gasteiger partial charge in [0.15, 0.2) is 6.10 Å². The standard InChI is InChI=1S/C21H24N2O3S/c1-16(26-20(24)8-7-19-22-11-14-27-19)21(25)23-12-9-18(10-13-23)15-17-5-3-2-4-6-17/h2-8,11,14,16,18H,9-10,12-13,15H2,1H3. The van der Waals surface area contributed by atoms with Crippen molar-refractivity contribution in [3.05, 3.63) is 58.6 Å². The highest BCUT2D eigenvalue weighted by Gasteiger charge is 2.27. The fourth-order valence-corrected chi connectivity index (χ4v) is 3.81. The number of hydrogen-bond donors (Lipinski definition) is 0. The summed E-state index contributed by atoms with van der Waals surface area (Å²) in [6.45, 7) is 3.06. The second-order valence-corrected chi connectivity index (χ2v) is 7.67. The van der Waals surface area contributed by atoms with Crippen molar-refractivity contribution in [2.45, 2.75) is 32.3 Å². The van der Waals surface area contributed by atoms with Crippen molar-refractivity contribution in [2.24, 2.45) is 5.92 Å². The predicted molar refractivity (Wildman–Crippen MR) is 106 cm³/mol. The van der Waals surface area contributed by atoms with Crippen LogP contribution in [0.2, 0.25) is 0 Å². The van der Waals surface area contributed by atoms with E-state index in [4.69, 9.17) is 4.74 Å². The topological polar surface area (TPSA) is 59.5 Å². The van der Waals surface area contributed by atoms with Gasteiger partial charge in [-0.15, -0.1) is 11.3 Å².